The summed E-state index contributed by atoms with van der Waals surface area (Å²) in [6.45, 7) is 4.15. The monoisotopic (exact) mass is 150 g/mol. The molecular weight excluding hydrogens is 140 g/mol. The van der Waals surface area contributed by atoms with Gasteiger partial charge in [-0.25, -0.2) is 0 Å². The Morgan fingerprint density at radius 2 is 2.30 bits per heavy atom. The average molecular weight is 150 g/mol. The van der Waals surface area contributed by atoms with Crippen LogP contribution in [0.3, 0.4) is 0 Å². The van der Waals surface area contributed by atoms with Crippen molar-refractivity contribution in [3.05, 3.63) is 21.9 Å². The maximum Gasteiger partial charge on any atom is 0.0432 e. The van der Waals surface area contributed by atoms with Crippen LogP contribution >= 0.6 is 11.3 Å². The summed E-state index contributed by atoms with van der Waals surface area (Å²) in [6, 6.07) is 0. The van der Waals surface area contributed by atoms with Crippen molar-refractivity contribution < 1.29 is 0 Å². The van der Waals surface area contributed by atoms with Gasteiger partial charge in [0.15, 0.2) is 0 Å². The van der Waals surface area contributed by atoms with Gasteiger partial charge in [-0.2, -0.15) is 11.3 Å². The van der Waals surface area contributed by atoms with Crippen LogP contribution in [0.4, 0.5) is 0 Å². The van der Waals surface area contributed by atoms with Gasteiger partial charge in [-0.1, -0.05) is 5.92 Å². The number of hydrogen-bond donors (Lipinski definition) is 0. The molecule has 1 rings (SSSR count). The number of thiophene rings is 1. The normalized spacial score (nSPS) is 12.5. The molecule has 0 saturated heterocycles. The third-order valence-electron chi connectivity index (χ3n) is 1.61. The van der Waals surface area contributed by atoms with E-state index in [1.807, 2.05) is 0 Å². The quantitative estimate of drug-likeness (QED) is 0.540. The van der Waals surface area contributed by atoms with Crippen molar-refractivity contribution in [3.63, 3.8) is 0 Å². The predicted molar refractivity (Wildman–Crippen MR) is 46.3 cm³/mol. The van der Waals surface area contributed by atoms with Gasteiger partial charge in [0.25, 0.3) is 0 Å². The molecule has 1 aromatic heterocycles. The van der Waals surface area contributed by atoms with Gasteiger partial charge in [-0.3, -0.25) is 0 Å². The Labute approximate surface area is 65.9 Å². The number of hydrogen-bond acceptors (Lipinski definition) is 1. The van der Waals surface area contributed by atoms with Crippen LogP contribution in [0.2, 0.25) is 0 Å². The third-order valence-corrected chi connectivity index (χ3v) is 2.49. The lowest BCUT2D eigenvalue weighted by Gasteiger charge is -2.00. The van der Waals surface area contributed by atoms with E-state index >= 15 is 0 Å². The highest BCUT2D eigenvalue weighted by Crippen LogP contribution is 2.21. The average Bonchev–Trinajstić information content (AvgIpc) is 2.34. The minimum absolute atomic E-state index is 0.270. The van der Waals surface area contributed by atoms with Gasteiger partial charge in [0, 0.05) is 5.92 Å². The summed E-state index contributed by atoms with van der Waals surface area (Å²) in [6.07, 6.45) is 5.29. The van der Waals surface area contributed by atoms with E-state index < -0.39 is 0 Å². The first-order valence-electron chi connectivity index (χ1n) is 3.24. The van der Waals surface area contributed by atoms with Crippen LogP contribution in [-0.2, 0) is 0 Å². The maximum absolute atomic E-state index is 5.29. The highest BCUT2D eigenvalue weighted by atomic mass is 32.1. The molecule has 1 heteroatoms. The van der Waals surface area contributed by atoms with E-state index in [-0.39, 0.29) is 5.92 Å². The van der Waals surface area contributed by atoms with E-state index in [1.165, 1.54) is 11.1 Å². The molecule has 0 bridgehead atoms. The summed E-state index contributed by atoms with van der Waals surface area (Å²) < 4.78 is 0. The lowest BCUT2D eigenvalue weighted by atomic mass is 10.0. The zero-order valence-corrected chi connectivity index (χ0v) is 7.03. The van der Waals surface area contributed by atoms with E-state index in [4.69, 9.17) is 6.42 Å². The molecule has 0 aliphatic carbocycles. The molecule has 1 aromatic rings. The lowest BCUT2D eigenvalue weighted by molar-refractivity contribution is 1.000. The first kappa shape index (κ1) is 7.37. The van der Waals surface area contributed by atoms with E-state index in [2.05, 4.69) is 30.5 Å². The van der Waals surface area contributed by atoms with E-state index in [9.17, 15) is 0 Å². The second kappa shape index (κ2) is 2.90. The van der Waals surface area contributed by atoms with Gasteiger partial charge in [0.05, 0.1) is 0 Å². The lowest BCUT2D eigenvalue weighted by Crippen LogP contribution is -1.87. The molecule has 0 aliphatic rings. The molecule has 0 N–H and O–H groups in total. The summed E-state index contributed by atoms with van der Waals surface area (Å²) in [5, 5.41) is 4.25. The molecule has 52 valence electrons. The Morgan fingerprint density at radius 1 is 1.60 bits per heavy atom. The number of terminal acetylenes is 1. The molecule has 0 aromatic carbocycles. The molecule has 0 amide bonds. The molecular formula is C9H10S. The Kier molecular flexibility index (Phi) is 2.13. The summed E-state index contributed by atoms with van der Waals surface area (Å²) in [4.78, 5) is 0. The highest BCUT2D eigenvalue weighted by molar-refractivity contribution is 7.08. The van der Waals surface area contributed by atoms with Crippen LogP contribution < -0.4 is 0 Å². The van der Waals surface area contributed by atoms with Gasteiger partial charge in [-0.15, -0.1) is 6.42 Å². The van der Waals surface area contributed by atoms with Crippen molar-refractivity contribution in [2.24, 2.45) is 0 Å². The first-order chi connectivity index (χ1) is 4.75. The minimum Gasteiger partial charge on any atom is -0.152 e. The SMILES string of the molecule is C#CC(C)c1cscc1C. The van der Waals surface area contributed by atoms with Crippen molar-refractivity contribution in [2.75, 3.05) is 0 Å². The van der Waals surface area contributed by atoms with E-state index in [0.29, 0.717) is 0 Å². The molecule has 1 atom stereocenters. The van der Waals surface area contributed by atoms with E-state index in [0.717, 1.165) is 0 Å². The molecule has 1 heterocycles. The fourth-order valence-electron chi connectivity index (χ4n) is 0.904. The second-order valence-corrected chi connectivity index (χ2v) is 3.14. The molecule has 0 saturated carbocycles. The first-order valence-corrected chi connectivity index (χ1v) is 4.18. The molecule has 0 aliphatic heterocycles. The fourth-order valence-corrected chi connectivity index (χ4v) is 1.85. The highest BCUT2D eigenvalue weighted by Gasteiger charge is 2.04. The molecule has 0 fully saturated rings. The van der Waals surface area contributed by atoms with E-state index in [1.54, 1.807) is 11.3 Å². The zero-order chi connectivity index (χ0) is 7.56. The minimum atomic E-state index is 0.270. The number of aryl methyl sites for hydroxylation is 1. The second-order valence-electron chi connectivity index (χ2n) is 2.40. The van der Waals surface area contributed by atoms with Gasteiger partial charge < -0.3 is 0 Å². The van der Waals surface area contributed by atoms with Gasteiger partial charge in [0.2, 0.25) is 0 Å². The third kappa shape index (κ3) is 1.22. The largest absolute Gasteiger partial charge is 0.152 e. The van der Waals surface area contributed by atoms with Crippen LogP contribution in [0.15, 0.2) is 10.8 Å². The standard InChI is InChI=1S/C9H10S/c1-4-7(2)9-6-10-5-8(9)3/h1,5-7H,2-3H3. The van der Waals surface area contributed by atoms with Gasteiger partial charge >= 0.3 is 0 Å². The summed E-state index contributed by atoms with van der Waals surface area (Å²) in [7, 11) is 0. The Balaban J connectivity index is 2.96. The molecule has 1 unspecified atom stereocenters. The molecule has 0 spiro atoms. The molecule has 0 radical (unpaired) electrons. The zero-order valence-electron chi connectivity index (χ0n) is 6.22. The van der Waals surface area contributed by atoms with Crippen molar-refractivity contribution in [1.29, 1.82) is 0 Å². The number of rotatable bonds is 1. The van der Waals surface area contributed by atoms with Gasteiger partial charge in [0.1, 0.15) is 0 Å². The smallest absolute Gasteiger partial charge is 0.0432 e. The van der Waals surface area contributed by atoms with Crippen molar-refractivity contribution >= 4 is 11.3 Å². The summed E-state index contributed by atoms with van der Waals surface area (Å²) in [5.74, 6) is 2.98. The summed E-state index contributed by atoms with van der Waals surface area (Å²) in [5.41, 5.74) is 2.61. The predicted octanol–water partition coefficient (Wildman–Crippen LogP) is 2.79. The Hall–Kier alpha value is -0.740. The maximum atomic E-state index is 5.29. The Morgan fingerprint density at radius 3 is 2.70 bits per heavy atom. The van der Waals surface area contributed by atoms with Crippen molar-refractivity contribution in [1.82, 2.24) is 0 Å². The van der Waals surface area contributed by atoms with Crippen molar-refractivity contribution in [3.8, 4) is 12.3 Å². The molecule has 10 heavy (non-hydrogen) atoms. The summed E-state index contributed by atoms with van der Waals surface area (Å²) >= 11 is 1.71. The van der Waals surface area contributed by atoms with Crippen LogP contribution in [0.25, 0.3) is 0 Å². The molecule has 0 nitrogen and oxygen atoms in total. The fraction of sp³-hybridized carbons (Fsp3) is 0.333. The van der Waals surface area contributed by atoms with Crippen LogP contribution in [0.5, 0.6) is 0 Å². The Bertz CT molecular complexity index is 252. The van der Waals surface area contributed by atoms with Gasteiger partial charge in [-0.05, 0) is 35.7 Å². The van der Waals surface area contributed by atoms with Crippen LogP contribution in [0, 0.1) is 19.3 Å². The van der Waals surface area contributed by atoms with Crippen LogP contribution in [0.1, 0.15) is 24.0 Å². The van der Waals surface area contributed by atoms with Crippen molar-refractivity contribution in [2.45, 2.75) is 19.8 Å². The topological polar surface area (TPSA) is 0 Å². The van der Waals surface area contributed by atoms with Crippen LogP contribution in [-0.4, -0.2) is 0 Å².